The van der Waals surface area contributed by atoms with Crippen LogP contribution in [0.4, 0.5) is 0 Å². The van der Waals surface area contributed by atoms with E-state index in [0.29, 0.717) is 29.4 Å². The van der Waals surface area contributed by atoms with E-state index >= 15 is 0 Å². The Bertz CT molecular complexity index is 594. The number of rotatable bonds is 4. The third-order valence-electron chi connectivity index (χ3n) is 2.95. The van der Waals surface area contributed by atoms with Crippen molar-refractivity contribution in [2.24, 2.45) is 5.73 Å². The molecule has 0 aliphatic carbocycles. The van der Waals surface area contributed by atoms with Crippen LogP contribution in [-0.4, -0.2) is 27.8 Å². The molecule has 0 amide bonds. The van der Waals surface area contributed by atoms with E-state index in [1.807, 2.05) is 0 Å². The van der Waals surface area contributed by atoms with Crippen LogP contribution in [0.15, 0.2) is 35.3 Å². The summed E-state index contributed by atoms with van der Waals surface area (Å²) >= 11 is 0. The van der Waals surface area contributed by atoms with E-state index in [0.717, 1.165) is 0 Å². The van der Waals surface area contributed by atoms with Crippen molar-refractivity contribution in [3.63, 3.8) is 0 Å². The highest BCUT2D eigenvalue weighted by atomic mass is 16.3. The Morgan fingerprint density at radius 1 is 1.28 bits per heavy atom. The van der Waals surface area contributed by atoms with Gasteiger partial charge in [-0.15, -0.1) is 0 Å². The van der Waals surface area contributed by atoms with Gasteiger partial charge >= 0.3 is 0 Å². The summed E-state index contributed by atoms with van der Waals surface area (Å²) in [5.74, 6) is 0. The fraction of sp³-hybridized carbons (Fsp3) is 0.308. The molecule has 0 radical (unpaired) electrons. The van der Waals surface area contributed by atoms with Crippen molar-refractivity contribution in [1.29, 1.82) is 0 Å². The van der Waals surface area contributed by atoms with Crippen molar-refractivity contribution in [3.05, 3.63) is 46.2 Å². The van der Waals surface area contributed by atoms with Crippen LogP contribution in [0.25, 0.3) is 10.9 Å². The second kappa shape index (κ2) is 5.30. The first-order chi connectivity index (χ1) is 8.63. The molecule has 5 heteroatoms. The first kappa shape index (κ1) is 12.8. The molecular weight excluding hydrogens is 232 g/mol. The van der Waals surface area contributed by atoms with Gasteiger partial charge in [0.05, 0.1) is 6.10 Å². The summed E-state index contributed by atoms with van der Waals surface area (Å²) in [4.78, 5) is 14.6. The molecule has 18 heavy (non-hydrogen) atoms. The van der Waals surface area contributed by atoms with E-state index in [1.165, 1.54) is 6.07 Å². The molecule has 2 atom stereocenters. The molecule has 5 nitrogen and oxygen atoms in total. The van der Waals surface area contributed by atoms with Gasteiger partial charge < -0.3 is 20.9 Å². The Kier molecular flexibility index (Phi) is 3.76. The van der Waals surface area contributed by atoms with Crippen molar-refractivity contribution in [2.75, 3.05) is 6.54 Å². The first-order valence-corrected chi connectivity index (χ1v) is 5.81. The monoisotopic (exact) mass is 248 g/mol. The quantitative estimate of drug-likeness (QED) is 0.624. The maximum Gasteiger partial charge on any atom is 0.189 e. The fourth-order valence-electron chi connectivity index (χ4n) is 1.92. The van der Waals surface area contributed by atoms with Crippen LogP contribution >= 0.6 is 0 Å². The second-order valence-electron chi connectivity index (χ2n) is 4.24. The normalized spacial score (nSPS) is 14.6. The van der Waals surface area contributed by atoms with Crippen LogP contribution in [0.2, 0.25) is 0 Å². The minimum atomic E-state index is -1.03. The average Bonchev–Trinajstić information content (AvgIpc) is 2.38. The molecule has 0 saturated heterocycles. The molecule has 96 valence electrons. The predicted molar refractivity (Wildman–Crippen MR) is 69.2 cm³/mol. The number of H-pyrrole nitrogens is 1. The van der Waals surface area contributed by atoms with Crippen molar-refractivity contribution < 1.29 is 10.2 Å². The lowest BCUT2D eigenvalue weighted by atomic mass is 10.0. The summed E-state index contributed by atoms with van der Waals surface area (Å²) in [5, 5.41) is 20.1. The number of benzene rings is 1. The smallest absolute Gasteiger partial charge is 0.189 e. The number of nitrogens with one attached hydrogen (secondary N) is 1. The lowest BCUT2D eigenvalue weighted by Gasteiger charge is -2.17. The number of aromatic amines is 1. The first-order valence-electron chi connectivity index (χ1n) is 5.81. The molecule has 1 aromatic carbocycles. The van der Waals surface area contributed by atoms with Gasteiger partial charge in [-0.3, -0.25) is 4.79 Å². The van der Waals surface area contributed by atoms with Gasteiger partial charge in [0.1, 0.15) is 6.10 Å². The molecular formula is C13H16N2O3. The third kappa shape index (κ3) is 2.43. The molecule has 2 aromatic rings. The van der Waals surface area contributed by atoms with E-state index < -0.39 is 12.2 Å². The molecule has 2 rings (SSSR count). The summed E-state index contributed by atoms with van der Waals surface area (Å²) in [5.41, 5.74) is 6.43. The number of nitrogens with two attached hydrogens (primary N) is 1. The second-order valence-corrected chi connectivity index (χ2v) is 4.24. The summed E-state index contributed by atoms with van der Waals surface area (Å²) in [6, 6.07) is 6.42. The van der Waals surface area contributed by atoms with E-state index in [9.17, 15) is 15.0 Å². The summed E-state index contributed by atoms with van der Waals surface area (Å²) < 4.78 is 0. The molecule has 0 fully saturated rings. The standard InChI is InChI=1S/C13H16N2O3/c14-5-3-12(17)13(18)8-1-2-10-9(7-8)11(16)4-6-15-10/h1-2,4,6-7,12-13,17-18H,3,5,14H2,(H,15,16). The Morgan fingerprint density at radius 3 is 2.78 bits per heavy atom. The SMILES string of the molecule is NCCC(O)C(O)c1ccc2[nH]ccc(=O)c2c1. The Balaban J connectivity index is 2.40. The molecule has 1 aromatic heterocycles. The highest BCUT2D eigenvalue weighted by Gasteiger charge is 2.18. The van der Waals surface area contributed by atoms with E-state index in [-0.39, 0.29) is 5.43 Å². The van der Waals surface area contributed by atoms with Gasteiger partial charge in [-0.2, -0.15) is 0 Å². The van der Waals surface area contributed by atoms with Crippen molar-refractivity contribution in [3.8, 4) is 0 Å². The summed E-state index contributed by atoms with van der Waals surface area (Å²) in [6.07, 6.45) is -0.0678. The molecule has 0 bridgehead atoms. The van der Waals surface area contributed by atoms with Crippen molar-refractivity contribution in [2.45, 2.75) is 18.6 Å². The van der Waals surface area contributed by atoms with E-state index in [2.05, 4.69) is 4.98 Å². The van der Waals surface area contributed by atoms with Crippen LogP contribution in [0.5, 0.6) is 0 Å². The predicted octanol–water partition coefficient (Wildman–Crippen LogP) is 0.271. The molecule has 0 aliphatic heterocycles. The summed E-state index contributed by atoms with van der Waals surface area (Å²) in [7, 11) is 0. The minimum absolute atomic E-state index is 0.119. The van der Waals surface area contributed by atoms with Gasteiger partial charge in [0, 0.05) is 23.2 Å². The maximum atomic E-state index is 11.7. The van der Waals surface area contributed by atoms with Gasteiger partial charge in [0.2, 0.25) is 0 Å². The number of fused-ring (bicyclic) bond motifs is 1. The van der Waals surface area contributed by atoms with Crippen LogP contribution in [0, 0.1) is 0 Å². The highest BCUT2D eigenvalue weighted by Crippen LogP contribution is 2.21. The van der Waals surface area contributed by atoms with E-state index in [4.69, 9.17) is 5.73 Å². The molecule has 2 unspecified atom stereocenters. The number of aliphatic hydroxyl groups is 2. The zero-order valence-corrected chi connectivity index (χ0v) is 9.84. The minimum Gasteiger partial charge on any atom is -0.390 e. The number of pyridine rings is 1. The molecule has 5 N–H and O–H groups in total. The van der Waals surface area contributed by atoms with Gasteiger partial charge in [-0.1, -0.05) is 6.07 Å². The number of hydrogen-bond donors (Lipinski definition) is 4. The van der Waals surface area contributed by atoms with Crippen LogP contribution in [-0.2, 0) is 0 Å². The average molecular weight is 248 g/mol. The summed E-state index contributed by atoms with van der Waals surface area (Å²) in [6.45, 7) is 0.298. The molecule has 0 aliphatic rings. The zero-order valence-electron chi connectivity index (χ0n) is 9.84. The van der Waals surface area contributed by atoms with Crippen molar-refractivity contribution in [1.82, 2.24) is 4.98 Å². The lowest BCUT2D eigenvalue weighted by molar-refractivity contribution is 0.0151. The number of aromatic nitrogens is 1. The van der Waals surface area contributed by atoms with Gasteiger partial charge in [-0.05, 0) is 30.7 Å². The van der Waals surface area contributed by atoms with Gasteiger partial charge in [0.15, 0.2) is 5.43 Å². The van der Waals surface area contributed by atoms with Crippen molar-refractivity contribution >= 4 is 10.9 Å². The van der Waals surface area contributed by atoms with Crippen LogP contribution in [0.3, 0.4) is 0 Å². The molecule has 0 spiro atoms. The number of hydrogen-bond acceptors (Lipinski definition) is 4. The largest absolute Gasteiger partial charge is 0.390 e. The van der Waals surface area contributed by atoms with E-state index in [1.54, 1.807) is 24.4 Å². The highest BCUT2D eigenvalue weighted by molar-refractivity contribution is 5.78. The van der Waals surface area contributed by atoms with Crippen LogP contribution in [0.1, 0.15) is 18.1 Å². The zero-order chi connectivity index (χ0) is 13.1. The third-order valence-corrected chi connectivity index (χ3v) is 2.95. The molecule has 0 saturated carbocycles. The Hall–Kier alpha value is -1.69. The van der Waals surface area contributed by atoms with Crippen LogP contribution < -0.4 is 11.2 Å². The van der Waals surface area contributed by atoms with Gasteiger partial charge in [-0.25, -0.2) is 0 Å². The topological polar surface area (TPSA) is 99.3 Å². The lowest BCUT2D eigenvalue weighted by Crippen LogP contribution is -2.21. The maximum absolute atomic E-state index is 11.7. The van der Waals surface area contributed by atoms with Gasteiger partial charge in [0.25, 0.3) is 0 Å². The molecule has 1 heterocycles. The fourth-order valence-corrected chi connectivity index (χ4v) is 1.92. The Labute approximate surface area is 104 Å². The Morgan fingerprint density at radius 2 is 2.06 bits per heavy atom. The number of aliphatic hydroxyl groups excluding tert-OH is 2.